The summed E-state index contributed by atoms with van der Waals surface area (Å²) in [5.41, 5.74) is -3.63. The Hall–Kier alpha value is -1.08. The molecule has 1 aromatic carbocycles. The van der Waals surface area contributed by atoms with E-state index in [-0.39, 0.29) is 6.42 Å². The van der Waals surface area contributed by atoms with E-state index in [9.17, 15) is 21.6 Å². The number of rotatable bonds is 4. The van der Waals surface area contributed by atoms with Crippen LogP contribution in [0.4, 0.5) is 13.2 Å². The summed E-state index contributed by atoms with van der Waals surface area (Å²) >= 11 is 0. The number of hydrogen-bond donors (Lipinski definition) is 0. The smallest absolute Gasteiger partial charge is 0.263 e. The fourth-order valence-corrected chi connectivity index (χ4v) is 1.53. The summed E-state index contributed by atoms with van der Waals surface area (Å²) < 4.78 is 60.7. The van der Waals surface area contributed by atoms with Gasteiger partial charge in [-0.15, -0.1) is 0 Å². The third-order valence-electron chi connectivity index (χ3n) is 2.03. The van der Waals surface area contributed by atoms with Gasteiger partial charge >= 0.3 is 15.6 Å². The Labute approximate surface area is 97.3 Å². The molecule has 96 valence electrons. The third kappa shape index (κ3) is 4.01. The van der Waals surface area contributed by atoms with E-state index in [1.165, 1.54) is 0 Å². The maximum atomic E-state index is 11.9. The van der Waals surface area contributed by atoms with Gasteiger partial charge in [-0.05, 0) is 18.9 Å². The van der Waals surface area contributed by atoms with Crippen LogP contribution in [0.25, 0.3) is 0 Å². The van der Waals surface area contributed by atoms with Crippen molar-refractivity contribution in [3.8, 4) is 0 Å². The highest BCUT2D eigenvalue weighted by Crippen LogP contribution is 2.24. The number of benzene rings is 1. The van der Waals surface area contributed by atoms with E-state index < -0.39 is 22.2 Å². The van der Waals surface area contributed by atoms with Crippen LogP contribution in [0.1, 0.15) is 11.1 Å². The first-order valence-electron chi connectivity index (χ1n) is 4.73. The van der Waals surface area contributed by atoms with Gasteiger partial charge in [0.25, 0.3) is 0 Å². The van der Waals surface area contributed by atoms with Gasteiger partial charge in [0.05, 0.1) is 6.61 Å². The molecular formula is C10H11F3O3S. The topological polar surface area (TPSA) is 43.4 Å². The predicted molar refractivity (Wildman–Crippen MR) is 55.8 cm³/mol. The van der Waals surface area contributed by atoms with Crippen LogP contribution < -0.4 is 0 Å². The largest absolute Gasteiger partial charge is 0.523 e. The van der Waals surface area contributed by atoms with Gasteiger partial charge in [-0.3, -0.25) is 4.18 Å². The van der Waals surface area contributed by atoms with Gasteiger partial charge in [-0.2, -0.15) is 21.6 Å². The van der Waals surface area contributed by atoms with Gasteiger partial charge in [0.2, 0.25) is 0 Å². The van der Waals surface area contributed by atoms with Crippen molar-refractivity contribution in [2.75, 3.05) is 6.61 Å². The fourth-order valence-electron chi connectivity index (χ4n) is 1.09. The van der Waals surface area contributed by atoms with Crippen molar-refractivity contribution < 1.29 is 25.8 Å². The van der Waals surface area contributed by atoms with Crippen LogP contribution >= 0.6 is 0 Å². The average Bonchev–Trinajstić information content (AvgIpc) is 2.19. The predicted octanol–water partition coefficient (Wildman–Crippen LogP) is 2.40. The molecule has 0 unspecified atom stereocenters. The number of halogens is 3. The standard InChI is InChI=1S/C10H11F3O3S/c1-8-2-4-9(5-3-8)6-7-16-17(14,15)10(11,12)13/h2-5H,6-7H2,1H3. The second-order valence-corrected chi connectivity index (χ2v) is 5.06. The first-order chi connectivity index (χ1) is 7.72. The van der Waals surface area contributed by atoms with Crippen molar-refractivity contribution in [2.45, 2.75) is 18.9 Å². The third-order valence-corrected chi connectivity index (χ3v) is 3.08. The zero-order valence-corrected chi connectivity index (χ0v) is 9.81. The second-order valence-electron chi connectivity index (χ2n) is 3.46. The Morgan fingerprint density at radius 2 is 1.71 bits per heavy atom. The first kappa shape index (κ1) is 14.0. The Kier molecular flexibility index (Phi) is 4.16. The molecule has 0 saturated heterocycles. The molecule has 17 heavy (non-hydrogen) atoms. The highest BCUT2D eigenvalue weighted by atomic mass is 32.2. The summed E-state index contributed by atoms with van der Waals surface area (Å²) in [5.74, 6) is 0. The minimum atomic E-state index is -5.48. The Bertz CT molecular complexity index is 463. The van der Waals surface area contributed by atoms with Crippen LogP contribution in [-0.2, 0) is 20.7 Å². The van der Waals surface area contributed by atoms with Crippen molar-refractivity contribution in [3.05, 3.63) is 35.4 Å². The summed E-state index contributed by atoms with van der Waals surface area (Å²) in [4.78, 5) is 0. The molecule has 0 atom stereocenters. The van der Waals surface area contributed by atoms with Crippen molar-refractivity contribution in [1.29, 1.82) is 0 Å². The molecule has 0 N–H and O–H groups in total. The van der Waals surface area contributed by atoms with Crippen LogP contribution in [0, 0.1) is 6.92 Å². The Balaban J connectivity index is 2.52. The zero-order chi connectivity index (χ0) is 13.1. The molecule has 0 bridgehead atoms. The molecule has 0 aliphatic heterocycles. The Morgan fingerprint density at radius 3 is 2.18 bits per heavy atom. The van der Waals surface area contributed by atoms with E-state index in [4.69, 9.17) is 0 Å². The lowest BCUT2D eigenvalue weighted by atomic mass is 10.1. The molecule has 0 radical (unpaired) electrons. The molecule has 0 aliphatic carbocycles. The molecule has 3 nitrogen and oxygen atoms in total. The van der Waals surface area contributed by atoms with Gasteiger partial charge in [0.15, 0.2) is 0 Å². The van der Waals surface area contributed by atoms with E-state index in [2.05, 4.69) is 4.18 Å². The van der Waals surface area contributed by atoms with Crippen LogP contribution in [0.3, 0.4) is 0 Å². The summed E-state index contributed by atoms with van der Waals surface area (Å²) in [6.45, 7) is 1.35. The maximum Gasteiger partial charge on any atom is 0.523 e. The maximum absolute atomic E-state index is 11.9. The molecule has 0 aliphatic rings. The minimum absolute atomic E-state index is 0.107. The molecule has 0 heterocycles. The molecule has 1 aromatic rings. The molecule has 7 heteroatoms. The lowest BCUT2D eigenvalue weighted by Crippen LogP contribution is -2.26. The van der Waals surface area contributed by atoms with Crippen molar-refractivity contribution in [2.24, 2.45) is 0 Å². The summed E-state index contributed by atoms with van der Waals surface area (Å²) in [6, 6.07) is 6.99. The molecule has 0 saturated carbocycles. The zero-order valence-electron chi connectivity index (χ0n) is 8.99. The number of alkyl halides is 3. The van der Waals surface area contributed by atoms with Gasteiger partial charge in [-0.25, -0.2) is 0 Å². The minimum Gasteiger partial charge on any atom is -0.263 e. The van der Waals surface area contributed by atoms with Crippen LogP contribution in [0.2, 0.25) is 0 Å². The van der Waals surface area contributed by atoms with E-state index in [0.717, 1.165) is 5.56 Å². The quantitative estimate of drug-likeness (QED) is 0.622. The van der Waals surface area contributed by atoms with E-state index in [1.807, 2.05) is 6.92 Å². The Morgan fingerprint density at radius 1 is 1.18 bits per heavy atom. The van der Waals surface area contributed by atoms with Crippen molar-refractivity contribution >= 4 is 10.1 Å². The van der Waals surface area contributed by atoms with Gasteiger partial charge in [-0.1, -0.05) is 29.8 Å². The summed E-state index contributed by atoms with van der Waals surface area (Å²) in [7, 11) is -5.48. The highest BCUT2D eigenvalue weighted by Gasteiger charge is 2.47. The van der Waals surface area contributed by atoms with E-state index in [1.54, 1.807) is 24.3 Å². The molecule has 0 aromatic heterocycles. The lowest BCUT2D eigenvalue weighted by molar-refractivity contribution is -0.0541. The molecular weight excluding hydrogens is 257 g/mol. The summed E-state index contributed by atoms with van der Waals surface area (Å²) in [5, 5.41) is 0. The molecule has 0 spiro atoms. The van der Waals surface area contributed by atoms with Crippen LogP contribution in [0.5, 0.6) is 0 Å². The first-order valence-corrected chi connectivity index (χ1v) is 6.14. The average molecular weight is 268 g/mol. The van der Waals surface area contributed by atoms with Crippen molar-refractivity contribution in [1.82, 2.24) is 0 Å². The highest BCUT2D eigenvalue weighted by molar-refractivity contribution is 7.87. The van der Waals surface area contributed by atoms with E-state index in [0.29, 0.717) is 5.56 Å². The van der Waals surface area contributed by atoms with E-state index >= 15 is 0 Å². The SMILES string of the molecule is Cc1ccc(CCOS(=O)(=O)C(F)(F)F)cc1. The van der Waals surface area contributed by atoms with Crippen LogP contribution in [0.15, 0.2) is 24.3 Å². The van der Waals surface area contributed by atoms with Gasteiger partial charge in [0, 0.05) is 0 Å². The lowest BCUT2D eigenvalue weighted by Gasteiger charge is -2.08. The van der Waals surface area contributed by atoms with Crippen molar-refractivity contribution in [3.63, 3.8) is 0 Å². The monoisotopic (exact) mass is 268 g/mol. The van der Waals surface area contributed by atoms with Gasteiger partial charge < -0.3 is 0 Å². The number of hydrogen-bond acceptors (Lipinski definition) is 3. The second kappa shape index (κ2) is 5.05. The number of aryl methyl sites for hydroxylation is 1. The summed E-state index contributed by atoms with van der Waals surface area (Å²) in [6.07, 6.45) is 0.107. The van der Waals surface area contributed by atoms with Crippen LogP contribution in [-0.4, -0.2) is 20.5 Å². The molecule has 0 amide bonds. The normalized spacial score (nSPS) is 12.7. The molecule has 0 fully saturated rings. The van der Waals surface area contributed by atoms with Gasteiger partial charge in [0.1, 0.15) is 0 Å². The fraction of sp³-hybridized carbons (Fsp3) is 0.400. The molecule has 1 rings (SSSR count).